The maximum Gasteiger partial charge on any atom is 0.134 e. The summed E-state index contributed by atoms with van der Waals surface area (Å²) in [5.41, 5.74) is 0. The Morgan fingerprint density at radius 2 is 1.53 bits per heavy atom. The molecule has 90 valence electrons. The second-order valence-electron chi connectivity index (χ2n) is 4.61. The molecule has 0 heterocycles. The van der Waals surface area contributed by atoms with Crippen LogP contribution in [-0.4, -0.2) is 31.3 Å². The fourth-order valence-electron chi connectivity index (χ4n) is 1.58. The smallest absolute Gasteiger partial charge is 0.134 e. The average Bonchev–Trinajstić information content (AvgIpc) is 2.20. The highest BCUT2D eigenvalue weighted by Gasteiger charge is 2.02. The Morgan fingerprint density at radius 1 is 0.933 bits per heavy atom. The van der Waals surface area contributed by atoms with Crippen LogP contribution in [0.15, 0.2) is 0 Å². The minimum Gasteiger partial charge on any atom is -0.309 e. The number of rotatable bonds is 10. The first-order valence-corrected chi connectivity index (χ1v) is 6.33. The molecule has 0 aromatic heterocycles. The largest absolute Gasteiger partial charge is 0.309 e. The van der Waals surface area contributed by atoms with Gasteiger partial charge in [0.25, 0.3) is 0 Å². The van der Waals surface area contributed by atoms with Crippen molar-refractivity contribution in [3.05, 3.63) is 0 Å². The molecule has 2 heteroatoms. The summed E-state index contributed by atoms with van der Waals surface area (Å²) >= 11 is 0. The van der Waals surface area contributed by atoms with E-state index in [9.17, 15) is 4.79 Å². The van der Waals surface area contributed by atoms with Gasteiger partial charge in [0.1, 0.15) is 5.78 Å². The molecule has 0 aliphatic carbocycles. The van der Waals surface area contributed by atoms with Crippen LogP contribution >= 0.6 is 0 Å². The lowest BCUT2D eigenvalue weighted by Gasteiger charge is -2.07. The van der Waals surface area contributed by atoms with E-state index in [1.165, 1.54) is 32.1 Å². The van der Waals surface area contributed by atoms with Crippen molar-refractivity contribution in [2.24, 2.45) is 0 Å². The monoisotopic (exact) mass is 213 g/mol. The van der Waals surface area contributed by atoms with E-state index in [0.717, 1.165) is 25.8 Å². The SMILES string of the molecule is CCCCCCCCC(=O)CCN(C)C. The Morgan fingerprint density at radius 3 is 2.13 bits per heavy atom. The number of Topliss-reactive ketones (excluding diaryl/α,β-unsaturated/α-hetero) is 1. The summed E-state index contributed by atoms with van der Waals surface area (Å²) in [5.74, 6) is 0.430. The van der Waals surface area contributed by atoms with Gasteiger partial charge in [0, 0.05) is 19.4 Å². The van der Waals surface area contributed by atoms with E-state index in [0.29, 0.717) is 5.78 Å². The van der Waals surface area contributed by atoms with Crippen molar-refractivity contribution in [3.63, 3.8) is 0 Å². The lowest BCUT2D eigenvalue weighted by molar-refractivity contribution is -0.119. The molecule has 0 saturated heterocycles. The molecule has 2 nitrogen and oxygen atoms in total. The summed E-state index contributed by atoms with van der Waals surface area (Å²) < 4.78 is 0. The second kappa shape index (κ2) is 10.2. The average molecular weight is 213 g/mol. The third kappa shape index (κ3) is 11.6. The summed E-state index contributed by atoms with van der Waals surface area (Å²) in [4.78, 5) is 13.5. The zero-order chi connectivity index (χ0) is 11.5. The molecule has 0 radical (unpaired) electrons. The van der Waals surface area contributed by atoms with Crippen molar-refractivity contribution < 1.29 is 4.79 Å². The van der Waals surface area contributed by atoms with Gasteiger partial charge in [0.05, 0.1) is 0 Å². The Labute approximate surface area is 95.0 Å². The fraction of sp³-hybridized carbons (Fsp3) is 0.923. The highest BCUT2D eigenvalue weighted by Crippen LogP contribution is 2.07. The normalized spacial score (nSPS) is 10.9. The lowest BCUT2D eigenvalue weighted by atomic mass is 10.1. The standard InChI is InChI=1S/C13H27NO/c1-4-5-6-7-8-9-10-13(15)11-12-14(2)3/h4-12H2,1-3H3. The summed E-state index contributed by atoms with van der Waals surface area (Å²) in [5, 5.41) is 0. The van der Waals surface area contributed by atoms with Crippen molar-refractivity contribution in [2.75, 3.05) is 20.6 Å². The number of carbonyl (C=O) groups excluding carboxylic acids is 1. The summed E-state index contributed by atoms with van der Waals surface area (Å²) in [7, 11) is 4.02. The topological polar surface area (TPSA) is 20.3 Å². The Balaban J connectivity index is 3.17. The summed E-state index contributed by atoms with van der Waals surface area (Å²) in [6.07, 6.45) is 9.11. The first kappa shape index (κ1) is 14.6. The van der Waals surface area contributed by atoms with Crippen LogP contribution in [0.2, 0.25) is 0 Å². The molecule has 0 spiro atoms. The van der Waals surface area contributed by atoms with E-state index in [4.69, 9.17) is 0 Å². The number of unbranched alkanes of at least 4 members (excludes halogenated alkanes) is 5. The molecule has 0 aromatic carbocycles. The summed E-state index contributed by atoms with van der Waals surface area (Å²) in [6, 6.07) is 0. The predicted molar refractivity (Wildman–Crippen MR) is 66.2 cm³/mol. The Kier molecular flexibility index (Phi) is 9.91. The molecule has 0 amide bonds. The van der Waals surface area contributed by atoms with Crippen molar-refractivity contribution in [2.45, 2.75) is 58.3 Å². The molecule has 15 heavy (non-hydrogen) atoms. The molecule has 0 unspecified atom stereocenters. The van der Waals surface area contributed by atoms with Crippen LogP contribution < -0.4 is 0 Å². The van der Waals surface area contributed by atoms with Crippen LogP contribution in [-0.2, 0) is 4.79 Å². The van der Waals surface area contributed by atoms with Gasteiger partial charge in [-0.05, 0) is 20.5 Å². The van der Waals surface area contributed by atoms with Crippen molar-refractivity contribution >= 4 is 5.78 Å². The fourth-order valence-corrected chi connectivity index (χ4v) is 1.58. The van der Waals surface area contributed by atoms with Gasteiger partial charge in [-0.1, -0.05) is 39.0 Å². The molecule has 0 saturated carbocycles. The van der Waals surface area contributed by atoms with Gasteiger partial charge in [-0.25, -0.2) is 0 Å². The van der Waals surface area contributed by atoms with E-state index in [1.54, 1.807) is 0 Å². The van der Waals surface area contributed by atoms with Gasteiger partial charge in [-0.2, -0.15) is 0 Å². The first-order chi connectivity index (χ1) is 7.16. The van der Waals surface area contributed by atoms with Crippen LogP contribution in [0, 0.1) is 0 Å². The van der Waals surface area contributed by atoms with E-state index >= 15 is 0 Å². The van der Waals surface area contributed by atoms with Crippen LogP contribution in [0.25, 0.3) is 0 Å². The van der Waals surface area contributed by atoms with Crippen LogP contribution in [0.3, 0.4) is 0 Å². The summed E-state index contributed by atoms with van der Waals surface area (Å²) in [6.45, 7) is 3.12. The van der Waals surface area contributed by atoms with E-state index in [-0.39, 0.29) is 0 Å². The molecular formula is C13H27NO. The molecule has 0 aliphatic heterocycles. The second-order valence-corrected chi connectivity index (χ2v) is 4.61. The number of hydrogen-bond acceptors (Lipinski definition) is 2. The Hall–Kier alpha value is -0.370. The van der Waals surface area contributed by atoms with E-state index in [2.05, 4.69) is 11.8 Å². The molecule has 0 aromatic rings. The molecule has 0 bridgehead atoms. The van der Waals surface area contributed by atoms with Gasteiger partial charge < -0.3 is 4.90 Å². The van der Waals surface area contributed by atoms with E-state index < -0.39 is 0 Å². The van der Waals surface area contributed by atoms with Crippen molar-refractivity contribution in [1.29, 1.82) is 0 Å². The Bertz CT molecular complexity index is 155. The molecule has 0 aliphatic rings. The van der Waals surface area contributed by atoms with Gasteiger partial charge in [0.2, 0.25) is 0 Å². The lowest BCUT2D eigenvalue weighted by Crippen LogP contribution is -2.16. The number of nitrogens with zero attached hydrogens (tertiary/aromatic N) is 1. The number of hydrogen-bond donors (Lipinski definition) is 0. The van der Waals surface area contributed by atoms with Crippen LogP contribution in [0.1, 0.15) is 58.3 Å². The first-order valence-electron chi connectivity index (χ1n) is 6.33. The zero-order valence-electron chi connectivity index (χ0n) is 10.7. The van der Waals surface area contributed by atoms with E-state index in [1.807, 2.05) is 14.1 Å². The van der Waals surface area contributed by atoms with Crippen LogP contribution in [0.4, 0.5) is 0 Å². The molecule has 0 atom stereocenters. The maximum absolute atomic E-state index is 11.4. The molecular weight excluding hydrogens is 186 g/mol. The quantitative estimate of drug-likeness (QED) is 0.519. The molecule has 0 rings (SSSR count). The predicted octanol–water partition coefficient (Wildman–Crippen LogP) is 3.26. The van der Waals surface area contributed by atoms with Crippen molar-refractivity contribution in [3.8, 4) is 0 Å². The highest BCUT2D eigenvalue weighted by molar-refractivity contribution is 5.78. The van der Waals surface area contributed by atoms with Gasteiger partial charge in [-0.15, -0.1) is 0 Å². The minimum absolute atomic E-state index is 0.430. The maximum atomic E-state index is 11.4. The van der Waals surface area contributed by atoms with Crippen LogP contribution in [0.5, 0.6) is 0 Å². The molecule has 0 N–H and O–H groups in total. The number of ketones is 1. The van der Waals surface area contributed by atoms with Gasteiger partial charge >= 0.3 is 0 Å². The van der Waals surface area contributed by atoms with Gasteiger partial charge in [0.15, 0.2) is 0 Å². The minimum atomic E-state index is 0.430. The van der Waals surface area contributed by atoms with Crippen molar-refractivity contribution in [1.82, 2.24) is 4.90 Å². The zero-order valence-corrected chi connectivity index (χ0v) is 10.7. The molecule has 0 fully saturated rings. The van der Waals surface area contributed by atoms with Gasteiger partial charge in [-0.3, -0.25) is 4.79 Å². The third-order valence-corrected chi connectivity index (χ3v) is 2.65. The third-order valence-electron chi connectivity index (χ3n) is 2.65. The number of carbonyl (C=O) groups is 1. The highest BCUT2D eigenvalue weighted by atomic mass is 16.1.